The number of fused-ring (bicyclic) bond motifs is 1. The Bertz CT molecular complexity index is 1560. The highest BCUT2D eigenvalue weighted by Gasteiger charge is 2.26. The molecule has 4 aromatic rings. The van der Waals surface area contributed by atoms with Gasteiger partial charge in [-0.3, -0.25) is 9.59 Å². The van der Waals surface area contributed by atoms with Gasteiger partial charge in [-0.1, -0.05) is 74.5 Å². The maximum Gasteiger partial charge on any atom is 0.256 e. The van der Waals surface area contributed by atoms with Gasteiger partial charge in [0.05, 0.1) is 11.1 Å². The average Bonchev–Trinajstić information content (AvgIpc) is 3.44. The molecule has 40 heavy (non-hydrogen) atoms. The zero-order chi connectivity index (χ0) is 28.2. The van der Waals surface area contributed by atoms with Crippen molar-refractivity contribution < 1.29 is 9.59 Å². The number of aromatic nitrogens is 1. The van der Waals surface area contributed by atoms with Crippen LogP contribution in [0.4, 0.5) is 5.69 Å². The van der Waals surface area contributed by atoms with Crippen LogP contribution in [0.25, 0.3) is 33.9 Å². The van der Waals surface area contributed by atoms with Crippen LogP contribution in [0, 0.1) is 13.8 Å². The first kappa shape index (κ1) is 27.2. The largest absolute Gasteiger partial charge is 0.358 e. The number of nitrogens with one attached hydrogen (secondary N) is 3. The van der Waals surface area contributed by atoms with Crippen LogP contribution in [0.5, 0.6) is 0 Å². The van der Waals surface area contributed by atoms with E-state index in [9.17, 15) is 9.59 Å². The number of rotatable bonds is 9. The molecule has 2 amide bonds. The Morgan fingerprint density at radius 2 is 1.50 bits per heavy atom. The Hall–Kier alpha value is -4.42. The van der Waals surface area contributed by atoms with E-state index < -0.39 is 0 Å². The molecule has 1 aliphatic heterocycles. The number of aryl methyl sites for hydroxylation is 1. The van der Waals surface area contributed by atoms with Crippen molar-refractivity contribution in [3.05, 3.63) is 101 Å². The first-order valence-corrected chi connectivity index (χ1v) is 13.9. The van der Waals surface area contributed by atoms with Crippen molar-refractivity contribution in [2.45, 2.75) is 27.7 Å². The van der Waals surface area contributed by atoms with Crippen LogP contribution in [0.1, 0.15) is 46.7 Å². The monoisotopic (exact) mass is 532 g/mol. The molecule has 6 nitrogen and oxygen atoms in total. The molecule has 0 fully saturated rings. The van der Waals surface area contributed by atoms with Crippen LogP contribution in [0.2, 0.25) is 0 Å². The van der Waals surface area contributed by atoms with Gasteiger partial charge < -0.3 is 20.5 Å². The first-order chi connectivity index (χ1) is 19.4. The van der Waals surface area contributed by atoms with Crippen LogP contribution in [0.3, 0.4) is 0 Å². The second kappa shape index (κ2) is 11.8. The summed E-state index contributed by atoms with van der Waals surface area (Å²) < 4.78 is 0. The molecule has 6 heteroatoms. The molecule has 0 atom stereocenters. The lowest BCUT2D eigenvalue weighted by Gasteiger charge is -2.18. The third-order valence-corrected chi connectivity index (χ3v) is 7.73. The number of hydrogen-bond acceptors (Lipinski definition) is 3. The standard InChI is InChI=1S/C34H36N4O2/c1-5-38(6-2)19-18-35-34(40)32-22(3)31(36-23(32)4)21-29-28-20-27(16-17-30(28)37-33(29)39)26-14-12-25(13-15-26)24-10-8-7-9-11-24/h7-17,20-21,36H,5-6,18-19H2,1-4H3,(H,35,40)(H,37,39). The number of anilines is 1. The summed E-state index contributed by atoms with van der Waals surface area (Å²) in [6.45, 7) is 11.4. The van der Waals surface area contributed by atoms with E-state index >= 15 is 0 Å². The minimum absolute atomic E-state index is 0.0967. The fourth-order valence-corrected chi connectivity index (χ4v) is 5.36. The Balaban J connectivity index is 1.40. The van der Waals surface area contributed by atoms with Crippen LogP contribution in [-0.2, 0) is 4.79 Å². The van der Waals surface area contributed by atoms with Crippen LogP contribution in [0.15, 0.2) is 72.8 Å². The van der Waals surface area contributed by atoms with E-state index in [2.05, 4.69) is 76.8 Å². The van der Waals surface area contributed by atoms with Crippen LogP contribution in [-0.4, -0.2) is 47.9 Å². The van der Waals surface area contributed by atoms with E-state index in [1.54, 1.807) is 0 Å². The van der Waals surface area contributed by atoms with Crippen LogP contribution < -0.4 is 10.6 Å². The third-order valence-electron chi connectivity index (χ3n) is 7.73. The molecule has 5 rings (SSSR count). The molecule has 0 saturated carbocycles. The quantitative estimate of drug-likeness (QED) is 0.215. The molecule has 0 saturated heterocycles. The van der Waals surface area contributed by atoms with E-state index in [0.717, 1.165) is 64.5 Å². The number of carbonyl (C=O) groups is 2. The molecule has 0 bridgehead atoms. The molecule has 0 aliphatic carbocycles. The summed E-state index contributed by atoms with van der Waals surface area (Å²) in [4.78, 5) is 31.6. The number of likely N-dealkylation sites (N-methyl/N-ethyl adjacent to an activating group) is 1. The second-order valence-corrected chi connectivity index (χ2v) is 10.2. The summed E-state index contributed by atoms with van der Waals surface area (Å²) in [5.41, 5.74) is 9.70. The Labute approximate surface area is 236 Å². The fraction of sp³-hybridized carbons (Fsp3) is 0.235. The third kappa shape index (κ3) is 5.49. The van der Waals surface area contributed by atoms with Gasteiger partial charge in [0.25, 0.3) is 11.8 Å². The van der Waals surface area contributed by atoms with Crippen molar-refractivity contribution in [2.75, 3.05) is 31.5 Å². The van der Waals surface area contributed by atoms with Gasteiger partial charge in [-0.15, -0.1) is 0 Å². The summed E-state index contributed by atoms with van der Waals surface area (Å²) in [5.74, 6) is -0.246. The van der Waals surface area contributed by atoms with Crippen molar-refractivity contribution in [1.29, 1.82) is 0 Å². The van der Waals surface area contributed by atoms with Gasteiger partial charge in [0, 0.05) is 35.7 Å². The van der Waals surface area contributed by atoms with E-state index in [1.807, 2.05) is 50.3 Å². The summed E-state index contributed by atoms with van der Waals surface area (Å²) in [7, 11) is 0. The number of hydrogen-bond donors (Lipinski definition) is 3. The maximum absolute atomic E-state index is 13.0. The fourth-order valence-electron chi connectivity index (χ4n) is 5.36. The molecule has 3 N–H and O–H groups in total. The van der Waals surface area contributed by atoms with Gasteiger partial charge in [0.1, 0.15) is 0 Å². The molecule has 3 aromatic carbocycles. The number of amides is 2. The minimum atomic E-state index is -0.150. The molecule has 0 spiro atoms. The zero-order valence-electron chi connectivity index (χ0n) is 23.6. The second-order valence-electron chi connectivity index (χ2n) is 10.2. The highest BCUT2D eigenvalue weighted by Crippen LogP contribution is 2.37. The summed E-state index contributed by atoms with van der Waals surface area (Å²) in [6.07, 6.45) is 1.86. The van der Waals surface area contributed by atoms with Gasteiger partial charge in [0.15, 0.2) is 0 Å². The number of aromatic amines is 1. The maximum atomic E-state index is 13.0. The van der Waals surface area contributed by atoms with E-state index in [4.69, 9.17) is 0 Å². The molecular weight excluding hydrogens is 496 g/mol. The van der Waals surface area contributed by atoms with Gasteiger partial charge in [0.2, 0.25) is 0 Å². The first-order valence-electron chi connectivity index (χ1n) is 13.9. The van der Waals surface area contributed by atoms with Gasteiger partial charge in [-0.05, 0) is 73.0 Å². The van der Waals surface area contributed by atoms with E-state index in [0.29, 0.717) is 17.7 Å². The molecular formula is C34H36N4O2. The van der Waals surface area contributed by atoms with Crippen molar-refractivity contribution in [3.63, 3.8) is 0 Å². The molecule has 2 heterocycles. The number of benzene rings is 3. The van der Waals surface area contributed by atoms with Crippen LogP contribution >= 0.6 is 0 Å². The highest BCUT2D eigenvalue weighted by atomic mass is 16.2. The molecule has 204 valence electrons. The molecule has 0 radical (unpaired) electrons. The molecule has 1 aromatic heterocycles. The highest BCUT2D eigenvalue weighted by molar-refractivity contribution is 6.35. The lowest BCUT2D eigenvalue weighted by atomic mass is 9.96. The predicted octanol–water partition coefficient (Wildman–Crippen LogP) is 6.53. The lowest BCUT2D eigenvalue weighted by molar-refractivity contribution is -0.110. The summed E-state index contributed by atoms with van der Waals surface area (Å²) in [5, 5.41) is 6.04. The van der Waals surface area contributed by atoms with Gasteiger partial charge in [-0.25, -0.2) is 0 Å². The Morgan fingerprint density at radius 3 is 2.17 bits per heavy atom. The number of nitrogens with zero attached hydrogens (tertiary/aromatic N) is 1. The lowest BCUT2D eigenvalue weighted by Crippen LogP contribution is -2.35. The summed E-state index contributed by atoms with van der Waals surface area (Å²) in [6, 6.07) is 24.8. The van der Waals surface area contributed by atoms with Crippen molar-refractivity contribution >= 4 is 29.2 Å². The molecule has 0 unspecified atom stereocenters. The van der Waals surface area contributed by atoms with Gasteiger partial charge >= 0.3 is 0 Å². The van der Waals surface area contributed by atoms with Crippen molar-refractivity contribution in [2.24, 2.45) is 0 Å². The normalized spacial score (nSPS) is 13.5. The van der Waals surface area contributed by atoms with Crippen molar-refractivity contribution in [1.82, 2.24) is 15.2 Å². The predicted molar refractivity (Wildman–Crippen MR) is 164 cm³/mol. The number of carbonyl (C=O) groups excluding carboxylic acids is 2. The summed E-state index contributed by atoms with van der Waals surface area (Å²) >= 11 is 0. The number of H-pyrrole nitrogens is 1. The zero-order valence-corrected chi connectivity index (χ0v) is 23.6. The smallest absolute Gasteiger partial charge is 0.256 e. The molecule has 1 aliphatic rings. The average molecular weight is 533 g/mol. The van der Waals surface area contributed by atoms with Crippen molar-refractivity contribution in [3.8, 4) is 22.3 Å². The Morgan fingerprint density at radius 1 is 0.875 bits per heavy atom. The Kier molecular flexibility index (Phi) is 7.99. The topological polar surface area (TPSA) is 77.2 Å². The SMILES string of the molecule is CCN(CC)CCNC(=O)c1c(C)[nH]c(C=C2C(=O)Nc3ccc(-c4ccc(-c5ccccc5)cc4)cc32)c1C. The van der Waals surface area contributed by atoms with E-state index in [1.165, 1.54) is 5.56 Å². The van der Waals surface area contributed by atoms with E-state index in [-0.39, 0.29) is 11.8 Å². The minimum Gasteiger partial charge on any atom is -0.358 e. The van der Waals surface area contributed by atoms with Gasteiger partial charge in [-0.2, -0.15) is 0 Å².